The number of fused-ring (bicyclic) bond motifs is 1. The van der Waals surface area contributed by atoms with Crippen LogP contribution >= 0.6 is 0 Å². The van der Waals surface area contributed by atoms with Crippen LogP contribution in [0.3, 0.4) is 0 Å². The number of rotatable bonds is 4. The van der Waals surface area contributed by atoms with Crippen molar-refractivity contribution >= 4 is 22.3 Å². The Morgan fingerprint density at radius 2 is 2.19 bits per heavy atom. The summed E-state index contributed by atoms with van der Waals surface area (Å²) in [6.07, 6.45) is 4.19. The van der Waals surface area contributed by atoms with Gasteiger partial charge in [-0.3, -0.25) is 10.1 Å². The van der Waals surface area contributed by atoms with Crippen LogP contribution in [0.15, 0.2) is 30.5 Å². The van der Waals surface area contributed by atoms with E-state index in [1.165, 1.54) is 6.20 Å². The molecule has 0 saturated heterocycles. The lowest BCUT2D eigenvalue weighted by atomic mass is 10.0. The first-order valence-electron chi connectivity index (χ1n) is 7.10. The molecule has 2 N–H and O–H groups in total. The average molecular weight is 287 g/mol. The number of hydrogen-bond acceptors (Lipinski definition) is 5. The van der Waals surface area contributed by atoms with Crippen molar-refractivity contribution in [3.8, 4) is 0 Å². The lowest BCUT2D eigenvalue weighted by molar-refractivity contribution is -0.384. The zero-order chi connectivity index (χ0) is 14.8. The SMILES string of the molecule is O=[N+]([O-])c1cnc2ccccc2c1NC1CCCC1CO. The highest BCUT2D eigenvalue weighted by atomic mass is 16.6. The van der Waals surface area contributed by atoms with Gasteiger partial charge in [0.2, 0.25) is 0 Å². The van der Waals surface area contributed by atoms with Gasteiger partial charge in [0.1, 0.15) is 11.9 Å². The quantitative estimate of drug-likeness (QED) is 0.666. The van der Waals surface area contributed by atoms with Gasteiger partial charge in [-0.05, 0) is 18.9 Å². The second-order valence-electron chi connectivity index (χ2n) is 5.42. The summed E-state index contributed by atoms with van der Waals surface area (Å²) in [4.78, 5) is 15.0. The molecule has 2 aromatic rings. The molecule has 0 amide bonds. The Kier molecular flexibility index (Phi) is 3.70. The zero-order valence-electron chi connectivity index (χ0n) is 11.5. The van der Waals surface area contributed by atoms with E-state index in [1.807, 2.05) is 24.3 Å². The number of aromatic nitrogens is 1. The molecule has 1 aliphatic carbocycles. The van der Waals surface area contributed by atoms with Crippen LogP contribution in [0.1, 0.15) is 19.3 Å². The normalized spacial score (nSPS) is 21.6. The highest BCUT2D eigenvalue weighted by molar-refractivity contribution is 5.95. The van der Waals surface area contributed by atoms with Gasteiger partial charge in [-0.25, -0.2) is 4.98 Å². The number of pyridine rings is 1. The Hall–Kier alpha value is -2.21. The van der Waals surface area contributed by atoms with Gasteiger partial charge >= 0.3 is 5.69 Å². The number of hydrogen-bond donors (Lipinski definition) is 2. The summed E-state index contributed by atoms with van der Waals surface area (Å²) in [7, 11) is 0. The van der Waals surface area contributed by atoms with Crippen molar-refractivity contribution in [1.82, 2.24) is 4.98 Å². The third-order valence-electron chi connectivity index (χ3n) is 4.18. The van der Waals surface area contributed by atoms with Crippen molar-refractivity contribution < 1.29 is 10.0 Å². The fourth-order valence-corrected chi connectivity index (χ4v) is 3.05. The molecule has 0 spiro atoms. The molecule has 6 heteroatoms. The number of aliphatic hydroxyl groups is 1. The van der Waals surface area contributed by atoms with Crippen molar-refractivity contribution in [3.63, 3.8) is 0 Å². The monoisotopic (exact) mass is 287 g/mol. The second kappa shape index (κ2) is 5.65. The molecule has 1 heterocycles. The highest BCUT2D eigenvalue weighted by Gasteiger charge is 2.29. The molecule has 1 fully saturated rings. The van der Waals surface area contributed by atoms with Gasteiger partial charge in [0.05, 0.1) is 10.4 Å². The molecule has 0 bridgehead atoms. The molecule has 1 aromatic carbocycles. The maximum Gasteiger partial charge on any atom is 0.311 e. The van der Waals surface area contributed by atoms with E-state index in [4.69, 9.17) is 0 Å². The Balaban J connectivity index is 2.06. The summed E-state index contributed by atoms with van der Waals surface area (Å²) < 4.78 is 0. The number of nitrogens with zero attached hydrogens (tertiary/aromatic N) is 2. The van der Waals surface area contributed by atoms with Crippen LogP contribution in [0.4, 0.5) is 11.4 Å². The minimum atomic E-state index is -0.412. The second-order valence-corrected chi connectivity index (χ2v) is 5.42. The average Bonchev–Trinajstić information content (AvgIpc) is 2.94. The van der Waals surface area contributed by atoms with Gasteiger partial charge in [-0.2, -0.15) is 0 Å². The lowest BCUT2D eigenvalue weighted by Crippen LogP contribution is -2.26. The predicted molar refractivity (Wildman–Crippen MR) is 80.2 cm³/mol. The predicted octanol–water partition coefficient (Wildman–Crippen LogP) is 2.72. The fraction of sp³-hybridized carbons (Fsp3) is 0.400. The Bertz CT molecular complexity index is 674. The van der Waals surface area contributed by atoms with Crippen LogP contribution < -0.4 is 5.32 Å². The van der Waals surface area contributed by atoms with Crippen LogP contribution in [0.5, 0.6) is 0 Å². The number of nitro groups is 1. The zero-order valence-corrected chi connectivity index (χ0v) is 11.5. The van der Waals surface area contributed by atoms with E-state index in [0.29, 0.717) is 5.69 Å². The molecule has 6 nitrogen and oxygen atoms in total. The van der Waals surface area contributed by atoms with Crippen LogP contribution in [0.25, 0.3) is 10.9 Å². The largest absolute Gasteiger partial charge is 0.396 e. The number of anilines is 1. The van der Waals surface area contributed by atoms with Crippen LogP contribution in [0, 0.1) is 16.0 Å². The molecule has 2 atom stereocenters. The number of benzene rings is 1. The van der Waals surface area contributed by atoms with E-state index in [-0.39, 0.29) is 24.3 Å². The summed E-state index contributed by atoms with van der Waals surface area (Å²) in [5.74, 6) is 0.150. The van der Waals surface area contributed by atoms with Crippen molar-refractivity contribution in [2.75, 3.05) is 11.9 Å². The standard InChI is InChI=1S/C15H17N3O3/c19-9-10-4-3-7-12(10)17-15-11-5-1-2-6-13(11)16-8-14(15)18(20)21/h1-2,5-6,8,10,12,19H,3-4,7,9H2,(H,16,17). The minimum Gasteiger partial charge on any atom is -0.396 e. The molecule has 110 valence electrons. The van der Waals surface area contributed by atoms with E-state index in [2.05, 4.69) is 10.3 Å². The summed E-state index contributed by atoms with van der Waals surface area (Å²) in [6.45, 7) is 0.106. The first-order chi connectivity index (χ1) is 10.2. The van der Waals surface area contributed by atoms with E-state index in [0.717, 1.165) is 30.2 Å². The van der Waals surface area contributed by atoms with E-state index in [9.17, 15) is 15.2 Å². The third-order valence-corrected chi connectivity index (χ3v) is 4.18. The summed E-state index contributed by atoms with van der Waals surface area (Å²) in [5.41, 5.74) is 1.22. The molecule has 0 radical (unpaired) electrons. The smallest absolute Gasteiger partial charge is 0.311 e. The molecule has 2 unspecified atom stereocenters. The molecule has 1 saturated carbocycles. The fourth-order valence-electron chi connectivity index (χ4n) is 3.05. The van der Waals surface area contributed by atoms with Gasteiger partial charge in [0.15, 0.2) is 0 Å². The Morgan fingerprint density at radius 3 is 2.95 bits per heavy atom. The van der Waals surface area contributed by atoms with Crippen molar-refractivity contribution in [2.45, 2.75) is 25.3 Å². The molecule has 21 heavy (non-hydrogen) atoms. The van der Waals surface area contributed by atoms with Gasteiger partial charge < -0.3 is 10.4 Å². The molecular formula is C15H17N3O3. The Morgan fingerprint density at radius 1 is 1.38 bits per heavy atom. The first-order valence-corrected chi connectivity index (χ1v) is 7.10. The summed E-state index contributed by atoms with van der Waals surface area (Å²) >= 11 is 0. The van der Waals surface area contributed by atoms with E-state index in [1.54, 1.807) is 0 Å². The summed E-state index contributed by atoms with van der Waals surface area (Å²) in [5, 5.41) is 24.7. The van der Waals surface area contributed by atoms with Crippen LogP contribution in [-0.4, -0.2) is 27.7 Å². The minimum absolute atomic E-state index is 0.0164. The van der Waals surface area contributed by atoms with Crippen LogP contribution in [0.2, 0.25) is 0 Å². The van der Waals surface area contributed by atoms with Gasteiger partial charge in [0.25, 0.3) is 0 Å². The van der Waals surface area contributed by atoms with Crippen molar-refractivity contribution in [1.29, 1.82) is 0 Å². The Labute approximate surface area is 122 Å². The molecule has 1 aromatic heterocycles. The number of aliphatic hydroxyl groups excluding tert-OH is 1. The molecule has 1 aliphatic rings. The van der Waals surface area contributed by atoms with E-state index >= 15 is 0 Å². The summed E-state index contributed by atoms with van der Waals surface area (Å²) in [6, 6.07) is 7.44. The van der Waals surface area contributed by atoms with Crippen molar-refractivity contribution in [3.05, 3.63) is 40.6 Å². The van der Waals surface area contributed by atoms with Crippen LogP contribution in [-0.2, 0) is 0 Å². The maximum atomic E-state index is 11.3. The van der Waals surface area contributed by atoms with Gasteiger partial charge in [-0.15, -0.1) is 0 Å². The molecule has 3 rings (SSSR count). The molecular weight excluding hydrogens is 270 g/mol. The topological polar surface area (TPSA) is 88.3 Å². The first kappa shape index (κ1) is 13.8. The van der Waals surface area contributed by atoms with E-state index < -0.39 is 4.92 Å². The van der Waals surface area contributed by atoms with Gasteiger partial charge in [0, 0.05) is 24.0 Å². The molecule has 0 aliphatic heterocycles. The highest BCUT2D eigenvalue weighted by Crippen LogP contribution is 2.35. The lowest BCUT2D eigenvalue weighted by Gasteiger charge is -2.21. The number of nitrogens with one attached hydrogen (secondary N) is 1. The third kappa shape index (κ3) is 2.54. The van der Waals surface area contributed by atoms with Gasteiger partial charge in [-0.1, -0.05) is 24.6 Å². The van der Waals surface area contributed by atoms with Crippen molar-refractivity contribution in [2.24, 2.45) is 5.92 Å². The number of para-hydroxylation sites is 1. The maximum absolute atomic E-state index is 11.3.